The molecule has 0 aliphatic rings. The Morgan fingerprint density at radius 2 is 1.83 bits per heavy atom. The Kier molecular flexibility index (Phi) is 8.53. The summed E-state index contributed by atoms with van der Waals surface area (Å²) in [7, 11) is 0. The Morgan fingerprint density at radius 3 is 2.61 bits per heavy atom. The van der Waals surface area contributed by atoms with Crippen LogP contribution in [0.1, 0.15) is 24.0 Å². The van der Waals surface area contributed by atoms with E-state index in [4.69, 9.17) is 15.2 Å². The molecule has 0 unspecified atom stereocenters. The van der Waals surface area contributed by atoms with Gasteiger partial charge in [-0.2, -0.15) is 12.6 Å². The number of hydrogen-bond acceptors (Lipinski definition) is 4. The first-order valence-electron chi connectivity index (χ1n) is 8.40. The summed E-state index contributed by atoms with van der Waals surface area (Å²) in [6.07, 6.45) is 6.30. The normalized spacial score (nSPS) is 11.4. The number of thiol groups is 1. The van der Waals surface area contributed by atoms with Crippen LogP contribution in [0.4, 0.5) is 0 Å². The predicted octanol–water partition coefficient (Wildman–Crippen LogP) is 2.95. The summed E-state index contributed by atoms with van der Waals surface area (Å²) >= 11 is 4.09. The van der Waals surface area contributed by atoms with Crippen LogP contribution in [-0.2, 0) is 22.3 Å². The highest BCUT2D eigenvalue weighted by Gasteiger charge is 2.04. The van der Waals surface area contributed by atoms with Crippen molar-refractivity contribution in [1.82, 2.24) is 4.98 Å². The minimum atomic E-state index is 0.661. The third-order valence-corrected chi connectivity index (χ3v) is 4.04. The Bertz CT molecular complexity index is 571. The second-order valence-corrected chi connectivity index (χ2v) is 6.09. The van der Waals surface area contributed by atoms with Crippen molar-refractivity contribution in [3.05, 3.63) is 35.5 Å². The molecular weight excluding hydrogens is 308 g/mol. The number of aromatic amines is 1. The lowest BCUT2D eigenvalue weighted by atomic mass is 10.0. The zero-order valence-electron chi connectivity index (χ0n) is 13.7. The molecule has 0 radical (unpaired) electrons. The van der Waals surface area contributed by atoms with Crippen LogP contribution in [0.2, 0.25) is 0 Å². The van der Waals surface area contributed by atoms with Gasteiger partial charge in [-0.05, 0) is 55.5 Å². The number of nitrogens with two attached hydrogens (primary N) is 1. The average molecular weight is 337 g/mol. The van der Waals surface area contributed by atoms with Crippen molar-refractivity contribution in [3.8, 4) is 0 Å². The summed E-state index contributed by atoms with van der Waals surface area (Å²) in [6.45, 7) is 3.52. The lowest BCUT2D eigenvalue weighted by Gasteiger charge is -2.06. The van der Waals surface area contributed by atoms with Gasteiger partial charge in [0.15, 0.2) is 0 Å². The fourth-order valence-electron chi connectivity index (χ4n) is 2.66. The second-order valence-electron chi connectivity index (χ2n) is 5.64. The molecule has 0 aliphatic heterocycles. The van der Waals surface area contributed by atoms with Gasteiger partial charge in [0.05, 0.1) is 19.8 Å². The van der Waals surface area contributed by atoms with Crippen LogP contribution in [0, 0.1) is 0 Å². The van der Waals surface area contributed by atoms with Gasteiger partial charge >= 0.3 is 0 Å². The second kappa shape index (κ2) is 10.7. The van der Waals surface area contributed by atoms with Gasteiger partial charge in [-0.3, -0.25) is 0 Å². The number of aryl methyl sites for hydroxylation is 1. The first-order valence-corrected chi connectivity index (χ1v) is 9.03. The lowest BCUT2D eigenvalue weighted by Crippen LogP contribution is -2.06. The summed E-state index contributed by atoms with van der Waals surface area (Å²) in [5.74, 6) is 0.762. The zero-order chi connectivity index (χ0) is 16.3. The third-order valence-electron chi connectivity index (χ3n) is 3.86. The van der Waals surface area contributed by atoms with Crippen LogP contribution in [-0.4, -0.2) is 43.7 Å². The third kappa shape index (κ3) is 6.18. The van der Waals surface area contributed by atoms with Crippen LogP contribution in [0.3, 0.4) is 0 Å². The number of fused-ring (bicyclic) bond motifs is 1. The van der Waals surface area contributed by atoms with Gasteiger partial charge in [0, 0.05) is 29.5 Å². The van der Waals surface area contributed by atoms with Gasteiger partial charge in [0.2, 0.25) is 0 Å². The highest BCUT2D eigenvalue weighted by Crippen LogP contribution is 2.21. The molecule has 0 saturated heterocycles. The maximum atomic E-state index is 5.67. The van der Waals surface area contributed by atoms with E-state index in [0.717, 1.165) is 38.0 Å². The van der Waals surface area contributed by atoms with Crippen LogP contribution in [0.5, 0.6) is 0 Å². The summed E-state index contributed by atoms with van der Waals surface area (Å²) in [5.41, 5.74) is 9.57. The Hall–Kier alpha value is -1.01. The van der Waals surface area contributed by atoms with Gasteiger partial charge in [0.1, 0.15) is 0 Å². The fourth-order valence-corrected chi connectivity index (χ4v) is 2.79. The Balaban J connectivity index is 1.67. The molecule has 4 nitrogen and oxygen atoms in total. The van der Waals surface area contributed by atoms with Crippen molar-refractivity contribution < 1.29 is 9.47 Å². The van der Waals surface area contributed by atoms with Gasteiger partial charge in [-0.15, -0.1) is 0 Å². The molecule has 1 heterocycles. The van der Waals surface area contributed by atoms with E-state index in [2.05, 4.69) is 42.0 Å². The van der Waals surface area contributed by atoms with E-state index in [1.165, 1.54) is 22.0 Å². The molecule has 1 aromatic heterocycles. The molecule has 0 saturated carbocycles. The summed E-state index contributed by atoms with van der Waals surface area (Å²) in [4.78, 5) is 3.31. The van der Waals surface area contributed by atoms with Crippen molar-refractivity contribution in [2.75, 3.05) is 38.7 Å². The minimum absolute atomic E-state index is 0.661. The molecule has 0 bridgehead atoms. The Labute approximate surface area is 144 Å². The average Bonchev–Trinajstić information content (AvgIpc) is 2.96. The first-order chi connectivity index (χ1) is 11.3. The number of aromatic nitrogens is 1. The van der Waals surface area contributed by atoms with Crippen molar-refractivity contribution in [1.29, 1.82) is 0 Å². The molecule has 23 heavy (non-hydrogen) atoms. The lowest BCUT2D eigenvalue weighted by molar-refractivity contribution is 0.0525. The van der Waals surface area contributed by atoms with Gasteiger partial charge in [0.25, 0.3) is 0 Å². The molecular formula is C18H28N2O2S. The number of benzene rings is 1. The molecule has 2 aromatic rings. The van der Waals surface area contributed by atoms with Gasteiger partial charge < -0.3 is 20.2 Å². The molecule has 3 N–H and O–H groups in total. The smallest absolute Gasteiger partial charge is 0.0700 e. The number of H-pyrrole nitrogens is 1. The Morgan fingerprint density at radius 1 is 1.00 bits per heavy atom. The number of hydrogen-bond donors (Lipinski definition) is 3. The van der Waals surface area contributed by atoms with E-state index in [0.29, 0.717) is 26.4 Å². The van der Waals surface area contributed by atoms with Crippen molar-refractivity contribution in [2.24, 2.45) is 5.73 Å². The summed E-state index contributed by atoms with van der Waals surface area (Å²) < 4.78 is 10.9. The number of unbranched alkanes of at least 4 members (excludes halogenated alkanes) is 1. The fraction of sp³-hybridized carbons (Fsp3) is 0.556. The van der Waals surface area contributed by atoms with E-state index in [1.54, 1.807) is 0 Å². The minimum Gasteiger partial charge on any atom is -0.379 e. The molecule has 1 aromatic carbocycles. The molecule has 128 valence electrons. The van der Waals surface area contributed by atoms with E-state index in [-0.39, 0.29) is 0 Å². The molecule has 0 atom stereocenters. The largest absolute Gasteiger partial charge is 0.379 e. The molecule has 0 aliphatic carbocycles. The van der Waals surface area contributed by atoms with Gasteiger partial charge in [-0.1, -0.05) is 6.07 Å². The molecule has 0 spiro atoms. The SMILES string of the molecule is NCCc1c[nH]c2ccc(CCCCOCCOCCS)cc12. The van der Waals surface area contributed by atoms with E-state index in [9.17, 15) is 0 Å². The van der Waals surface area contributed by atoms with Crippen molar-refractivity contribution >= 4 is 23.5 Å². The summed E-state index contributed by atoms with van der Waals surface area (Å²) in [6, 6.07) is 6.67. The number of rotatable bonds is 12. The zero-order valence-corrected chi connectivity index (χ0v) is 14.6. The first kappa shape index (κ1) is 18.3. The van der Waals surface area contributed by atoms with Crippen LogP contribution in [0.15, 0.2) is 24.4 Å². The number of ether oxygens (including phenoxy) is 2. The predicted molar refractivity (Wildman–Crippen MR) is 99.5 cm³/mol. The molecule has 5 heteroatoms. The number of nitrogens with one attached hydrogen (secondary N) is 1. The summed E-state index contributed by atoms with van der Waals surface area (Å²) in [5, 5.41) is 1.31. The van der Waals surface area contributed by atoms with E-state index >= 15 is 0 Å². The monoisotopic (exact) mass is 336 g/mol. The quantitative estimate of drug-likeness (QED) is 0.412. The van der Waals surface area contributed by atoms with Crippen molar-refractivity contribution in [3.63, 3.8) is 0 Å². The van der Waals surface area contributed by atoms with Crippen LogP contribution in [0.25, 0.3) is 10.9 Å². The topological polar surface area (TPSA) is 60.3 Å². The van der Waals surface area contributed by atoms with Crippen LogP contribution >= 0.6 is 12.6 Å². The molecule has 0 fully saturated rings. The van der Waals surface area contributed by atoms with E-state index in [1.807, 2.05) is 0 Å². The van der Waals surface area contributed by atoms with Gasteiger partial charge in [-0.25, -0.2) is 0 Å². The standard InChI is InChI=1S/C18H28N2O2S/c19-7-6-16-14-20-18-5-4-15(13-17(16)18)3-1-2-8-21-9-10-22-11-12-23/h4-5,13-14,20,23H,1-3,6-12,19H2. The maximum absolute atomic E-state index is 5.67. The highest BCUT2D eigenvalue weighted by molar-refractivity contribution is 7.80. The van der Waals surface area contributed by atoms with Crippen LogP contribution < -0.4 is 5.73 Å². The van der Waals surface area contributed by atoms with Crippen molar-refractivity contribution in [2.45, 2.75) is 25.7 Å². The van der Waals surface area contributed by atoms with E-state index < -0.39 is 0 Å². The highest BCUT2D eigenvalue weighted by atomic mass is 32.1. The molecule has 2 rings (SSSR count). The maximum Gasteiger partial charge on any atom is 0.0700 e. The molecule has 0 amide bonds.